The van der Waals surface area contributed by atoms with E-state index in [1.165, 1.54) is 25.7 Å². The van der Waals surface area contributed by atoms with Crippen LogP contribution in [0.25, 0.3) is 0 Å². The zero-order valence-electron chi connectivity index (χ0n) is 8.78. The molecule has 0 unspecified atom stereocenters. The Morgan fingerprint density at radius 2 is 1.71 bits per heavy atom. The first-order valence-electron chi connectivity index (χ1n) is 5.91. The molecule has 2 N–H and O–H groups in total. The van der Waals surface area contributed by atoms with E-state index in [4.69, 9.17) is 0 Å². The van der Waals surface area contributed by atoms with E-state index >= 15 is 0 Å². The van der Waals surface area contributed by atoms with Gasteiger partial charge in [-0.05, 0) is 51.0 Å². The van der Waals surface area contributed by atoms with Crippen LogP contribution in [0.5, 0.6) is 0 Å². The highest BCUT2D eigenvalue weighted by atomic mass is 16.3. The molecule has 2 aliphatic rings. The summed E-state index contributed by atoms with van der Waals surface area (Å²) >= 11 is 0. The molecule has 0 radical (unpaired) electrons. The Morgan fingerprint density at radius 1 is 1.07 bits per heavy atom. The first kappa shape index (κ1) is 10.2. The van der Waals surface area contributed by atoms with Crippen molar-refractivity contribution in [1.29, 1.82) is 0 Å². The van der Waals surface area contributed by atoms with Gasteiger partial charge in [-0.3, -0.25) is 0 Å². The molecule has 2 rings (SSSR count). The average molecular weight is 195 g/mol. The molecule has 1 saturated carbocycles. The van der Waals surface area contributed by atoms with Crippen LogP contribution in [0.4, 0.5) is 0 Å². The number of hydrogen-bond donors (Lipinski definition) is 2. The maximum atomic E-state index is 9.38. The molecule has 0 heterocycles. The molecule has 80 valence electrons. The summed E-state index contributed by atoms with van der Waals surface area (Å²) in [6, 6.07) is 0.696. The van der Waals surface area contributed by atoms with Crippen LogP contribution in [0.1, 0.15) is 38.5 Å². The van der Waals surface area contributed by atoms with Gasteiger partial charge < -0.3 is 10.4 Å². The molecule has 1 fully saturated rings. The van der Waals surface area contributed by atoms with Crippen LogP contribution >= 0.6 is 0 Å². The van der Waals surface area contributed by atoms with Gasteiger partial charge in [0.15, 0.2) is 0 Å². The molecule has 0 aromatic carbocycles. The van der Waals surface area contributed by atoms with Crippen LogP contribution in [-0.4, -0.2) is 23.8 Å². The summed E-state index contributed by atoms with van der Waals surface area (Å²) in [6.45, 7) is 1.15. The number of hydrogen-bond acceptors (Lipinski definition) is 2. The van der Waals surface area contributed by atoms with E-state index in [0.29, 0.717) is 6.04 Å². The lowest BCUT2D eigenvalue weighted by molar-refractivity contribution is 0.107. The summed E-state index contributed by atoms with van der Waals surface area (Å²) in [6.07, 6.45) is 11.3. The molecule has 0 aromatic rings. The van der Waals surface area contributed by atoms with Crippen LogP contribution in [-0.2, 0) is 0 Å². The molecule has 0 spiro atoms. The molecule has 14 heavy (non-hydrogen) atoms. The van der Waals surface area contributed by atoms with Crippen molar-refractivity contribution in [2.75, 3.05) is 6.54 Å². The Hall–Kier alpha value is -0.340. The third-order valence-corrected chi connectivity index (χ3v) is 3.52. The summed E-state index contributed by atoms with van der Waals surface area (Å²) < 4.78 is 0. The van der Waals surface area contributed by atoms with Gasteiger partial charge >= 0.3 is 0 Å². The number of aliphatic hydroxyl groups excluding tert-OH is 1. The summed E-state index contributed by atoms with van der Waals surface area (Å²) in [5, 5.41) is 13.0. The van der Waals surface area contributed by atoms with Gasteiger partial charge in [0.1, 0.15) is 0 Å². The van der Waals surface area contributed by atoms with Crippen LogP contribution in [0, 0.1) is 5.92 Å². The van der Waals surface area contributed by atoms with Gasteiger partial charge in [-0.2, -0.15) is 0 Å². The Bertz CT molecular complexity index is 186. The number of rotatable bonds is 3. The van der Waals surface area contributed by atoms with Crippen molar-refractivity contribution in [3.05, 3.63) is 12.2 Å². The second-order valence-electron chi connectivity index (χ2n) is 4.72. The van der Waals surface area contributed by atoms with Crippen molar-refractivity contribution < 1.29 is 5.11 Å². The molecule has 2 aliphatic carbocycles. The quantitative estimate of drug-likeness (QED) is 0.674. The van der Waals surface area contributed by atoms with Crippen LogP contribution in [0.3, 0.4) is 0 Å². The minimum absolute atomic E-state index is 0.0144. The van der Waals surface area contributed by atoms with E-state index in [1.54, 1.807) is 0 Å². The monoisotopic (exact) mass is 195 g/mol. The topological polar surface area (TPSA) is 32.3 Å². The molecular formula is C12H21NO. The third-order valence-electron chi connectivity index (χ3n) is 3.52. The second kappa shape index (κ2) is 4.94. The predicted octanol–water partition coefficient (Wildman–Crippen LogP) is 1.85. The largest absolute Gasteiger partial charge is 0.393 e. The zero-order chi connectivity index (χ0) is 9.80. The number of aliphatic hydroxyl groups is 1. The van der Waals surface area contributed by atoms with E-state index in [-0.39, 0.29) is 6.10 Å². The van der Waals surface area contributed by atoms with Gasteiger partial charge in [-0.15, -0.1) is 0 Å². The van der Waals surface area contributed by atoms with Crippen molar-refractivity contribution >= 4 is 0 Å². The third kappa shape index (κ3) is 2.82. The minimum atomic E-state index is -0.0144. The standard InChI is InChI=1S/C12H21NO/c14-12-7-5-10(6-8-12)9-13-11-3-1-2-4-11/h1-2,10-14H,3-9H2. The van der Waals surface area contributed by atoms with Crippen molar-refractivity contribution in [3.63, 3.8) is 0 Å². The lowest BCUT2D eigenvalue weighted by Gasteiger charge is -2.26. The van der Waals surface area contributed by atoms with Crippen LogP contribution in [0.15, 0.2) is 12.2 Å². The van der Waals surface area contributed by atoms with Crippen molar-refractivity contribution in [2.24, 2.45) is 5.92 Å². The summed E-state index contributed by atoms with van der Waals surface area (Å²) in [5.74, 6) is 0.805. The Labute approximate surface area is 86.4 Å². The smallest absolute Gasteiger partial charge is 0.0540 e. The fourth-order valence-corrected chi connectivity index (χ4v) is 2.47. The van der Waals surface area contributed by atoms with Gasteiger partial charge in [0.2, 0.25) is 0 Å². The molecule has 0 amide bonds. The Kier molecular flexibility index (Phi) is 3.60. The van der Waals surface area contributed by atoms with Gasteiger partial charge in [0, 0.05) is 6.04 Å². The fourth-order valence-electron chi connectivity index (χ4n) is 2.47. The maximum Gasteiger partial charge on any atom is 0.0540 e. The van der Waals surface area contributed by atoms with E-state index in [0.717, 1.165) is 25.3 Å². The van der Waals surface area contributed by atoms with Gasteiger partial charge in [0.25, 0.3) is 0 Å². The van der Waals surface area contributed by atoms with Crippen molar-refractivity contribution in [2.45, 2.75) is 50.7 Å². The van der Waals surface area contributed by atoms with Crippen molar-refractivity contribution in [1.82, 2.24) is 5.32 Å². The maximum absolute atomic E-state index is 9.38. The zero-order valence-corrected chi connectivity index (χ0v) is 8.78. The van der Waals surface area contributed by atoms with E-state index in [1.807, 2.05) is 0 Å². The van der Waals surface area contributed by atoms with Crippen LogP contribution < -0.4 is 5.32 Å². The fraction of sp³-hybridized carbons (Fsp3) is 0.833. The molecule has 2 nitrogen and oxygen atoms in total. The highest BCUT2D eigenvalue weighted by Crippen LogP contribution is 2.24. The molecule has 0 aliphatic heterocycles. The molecule has 0 bridgehead atoms. The second-order valence-corrected chi connectivity index (χ2v) is 4.72. The van der Waals surface area contributed by atoms with E-state index in [2.05, 4.69) is 17.5 Å². The Morgan fingerprint density at radius 3 is 2.36 bits per heavy atom. The van der Waals surface area contributed by atoms with Crippen LogP contribution in [0.2, 0.25) is 0 Å². The van der Waals surface area contributed by atoms with Gasteiger partial charge in [-0.25, -0.2) is 0 Å². The summed E-state index contributed by atoms with van der Waals surface area (Å²) in [4.78, 5) is 0. The minimum Gasteiger partial charge on any atom is -0.393 e. The van der Waals surface area contributed by atoms with Gasteiger partial charge in [-0.1, -0.05) is 12.2 Å². The summed E-state index contributed by atoms with van der Waals surface area (Å²) in [7, 11) is 0. The van der Waals surface area contributed by atoms with E-state index in [9.17, 15) is 5.11 Å². The van der Waals surface area contributed by atoms with E-state index < -0.39 is 0 Å². The molecular weight excluding hydrogens is 174 g/mol. The Balaban J connectivity index is 1.61. The van der Waals surface area contributed by atoms with Gasteiger partial charge in [0.05, 0.1) is 6.10 Å². The highest BCUT2D eigenvalue weighted by Gasteiger charge is 2.20. The number of nitrogens with one attached hydrogen (secondary N) is 1. The SMILES string of the molecule is OC1CCC(CNC2CC=CC2)CC1. The molecule has 2 heteroatoms. The summed E-state index contributed by atoms with van der Waals surface area (Å²) in [5.41, 5.74) is 0. The van der Waals surface area contributed by atoms with Crippen molar-refractivity contribution in [3.8, 4) is 0 Å². The lowest BCUT2D eigenvalue weighted by Crippen LogP contribution is -2.33. The molecule has 0 atom stereocenters. The molecule has 0 aromatic heterocycles. The highest BCUT2D eigenvalue weighted by molar-refractivity contribution is 4.97. The first-order chi connectivity index (χ1) is 6.84. The first-order valence-corrected chi connectivity index (χ1v) is 5.91. The normalized spacial score (nSPS) is 33.8. The molecule has 0 saturated heterocycles. The predicted molar refractivity (Wildman–Crippen MR) is 58.1 cm³/mol. The average Bonchev–Trinajstić information content (AvgIpc) is 2.70. The lowest BCUT2D eigenvalue weighted by atomic mass is 9.87.